The molecule has 2 heterocycles. The number of fused-ring (bicyclic) bond motifs is 1. The van der Waals surface area contributed by atoms with E-state index in [-0.39, 0.29) is 6.04 Å². The summed E-state index contributed by atoms with van der Waals surface area (Å²) in [7, 11) is 0. The standard InChI is InChI=1S/C22H24N2O/c1-16-11-14-24(15-12-16)21(18-6-3-2-4-7-18)19-10-9-17-8-5-13-23-20(17)22(19)25/h2-10,13,16,21,25H,11-12,14-15H2,1H3/t21-/m1/s1. The Labute approximate surface area is 148 Å². The van der Waals surface area contributed by atoms with Gasteiger partial charge in [-0.05, 0) is 43.5 Å². The summed E-state index contributed by atoms with van der Waals surface area (Å²) in [6, 6.07) is 18.6. The molecule has 0 radical (unpaired) electrons. The van der Waals surface area contributed by atoms with Crippen LogP contribution in [0.15, 0.2) is 60.8 Å². The van der Waals surface area contributed by atoms with Gasteiger partial charge in [-0.15, -0.1) is 0 Å². The van der Waals surface area contributed by atoms with E-state index in [2.05, 4.69) is 53.2 Å². The van der Waals surface area contributed by atoms with Crippen molar-refractivity contribution in [2.75, 3.05) is 13.1 Å². The molecule has 0 bridgehead atoms. The number of nitrogens with zero attached hydrogens (tertiary/aromatic N) is 2. The van der Waals surface area contributed by atoms with Crippen LogP contribution in [0.1, 0.15) is 36.9 Å². The number of phenols is 1. The van der Waals surface area contributed by atoms with Crippen molar-refractivity contribution in [3.63, 3.8) is 0 Å². The van der Waals surface area contributed by atoms with E-state index in [1.54, 1.807) is 6.20 Å². The summed E-state index contributed by atoms with van der Waals surface area (Å²) in [5, 5.41) is 11.9. The SMILES string of the molecule is CC1CCN([C@H](c2ccccc2)c2ccc3cccnc3c2O)CC1. The van der Waals surface area contributed by atoms with Crippen molar-refractivity contribution in [2.24, 2.45) is 5.92 Å². The second-order valence-corrected chi connectivity index (χ2v) is 7.11. The summed E-state index contributed by atoms with van der Waals surface area (Å²) in [5.41, 5.74) is 2.86. The predicted molar refractivity (Wildman–Crippen MR) is 102 cm³/mol. The predicted octanol–water partition coefficient (Wildman–Crippen LogP) is 4.76. The molecule has 1 aromatic heterocycles. The number of piperidine rings is 1. The Hall–Kier alpha value is -2.39. The molecule has 128 valence electrons. The van der Waals surface area contributed by atoms with E-state index in [9.17, 15) is 5.11 Å². The molecule has 2 aromatic carbocycles. The summed E-state index contributed by atoms with van der Waals surface area (Å²) in [4.78, 5) is 6.91. The summed E-state index contributed by atoms with van der Waals surface area (Å²) in [6.45, 7) is 4.44. The van der Waals surface area contributed by atoms with Crippen molar-refractivity contribution < 1.29 is 5.11 Å². The van der Waals surface area contributed by atoms with Crippen molar-refractivity contribution in [1.82, 2.24) is 9.88 Å². The molecule has 25 heavy (non-hydrogen) atoms. The Morgan fingerprint density at radius 3 is 2.52 bits per heavy atom. The van der Waals surface area contributed by atoms with Gasteiger partial charge in [-0.25, -0.2) is 0 Å². The second kappa shape index (κ2) is 6.85. The van der Waals surface area contributed by atoms with Crippen molar-refractivity contribution >= 4 is 10.9 Å². The zero-order valence-corrected chi connectivity index (χ0v) is 14.6. The first kappa shape index (κ1) is 16.1. The van der Waals surface area contributed by atoms with Crippen LogP contribution in [0.3, 0.4) is 0 Å². The summed E-state index contributed by atoms with van der Waals surface area (Å²) in [6.07, 6.45) is 4.15. The maximum atomic E-state index is 11.0. The highest BCUT2D eigenvalue weighted by Gasteiger charge is 2.28. The lowest BCUT2D eigenvalue weighted by Gasteiger charge is -2.37. The lowest BCUT2D eigenvalue weighted by atomic mass is 9.91. The van der Waals surface area contributed by atoms with Gasteiger partial charge < -0.3 is 5.11 Å². The molecule has 3 heteroatoms. The van der Waals surface area contributed by atoms with Crippen molar-refractivity contribution in [3.8, 4) is 5.75 Å². The Bertz CT molecular complexity index is 854. The smallest absolute Gasteiger partial charge is 0.146 e. The van der Waals surface area contributed by atoms with Crippen LogP contribution in [0.2, 0.25) is 0 Å². The van der Waals surface area contributed by atoms with Crippen molar-refractivity contribution in [3.05, 3.63) is 71.9 Å². The van der Waals surface area contributed by atoms with E-state index >= 15 is 0 Å². The maximum absolute atomic E-state index is 11.0. The number of likely N-dealkylation sites (tertiary alicyclic amines) is 1. The number of aromatic nitrogens is 1. The minimum Gasteiger partial charge on any atom is -0.505 e. The van der Waals surface area contributed by atoms with E-state index in [0.29, 0.717) is 11.3 Å². The normalized spacial score (nSPS) is 17.6. The van der Waals surface area contributed by atoms with Crippen LogP contribution in [0, 0.1) is 5.92 Å². The molecule has 4 rings (SSSR count). The minimum atomic E-state index is 0.0695. The Kier molecular flexibility index (Phi) is 4.41. The molecular weight excluding hydrogens is 308 g/mol. The van der Waals surface area contributed by atoms with Gasteiger partial charge in [0.05, 0.1) is 6.04 Å². The molecule has 0 amide bonds. The van der Waals surface area contributed by atoms with Crippen LogP contribution in [-0.4, -0.2) is 28.1 Å². The highest BCUT2D eigenvalue weighted by Crippen LogP contribution is 2.39. The highest BCUT2D eigenvalue weighted by molar-refractivity contribution is 5.85. The van der Waals surface area contributed by atoms with Crippen LogP contribution >= 0.6 is 0 Å². The topological polar surface area (TPSA) is 36.4 Å². The van der Waals surface area contributed by atoms with E-state index in [4.69, 9.17) is 0 Å². The second-order valence-electron chi connectivity index (χ2n) is 7.11. The van der Waals surface area contributed by atoms with Crippen molar-refractivity contribution in [1.29, 1.82) is 0 Å². The minimum absolute atomic E-state index is 0.0695. The number of hydrogen-bond donors (Lipinski definition) is 1. The lowest BCUT2D eigenvalue weighted by molar-refractivity contribution is 0.156. The van der Waals surface area contributed by atoms with Crippen LogP contribution in [0.5, 0.6) is 5.75 Å². The summed E-state index contributed by atoms with van der Waals surface area (Å²) >= 11 is 0. The number of hydrogen-bond acceptors (Lipinski definition) is 3. The maximum Gasteiger partial charge on any atom is 0.146 e. The molecule has 1 N–H and O–H groups in total. The number of phenolic OH excluding ortho intramolecular Hbond substituents is 1. The van der Waals surface area contributed by atoms with E-state index < -0.39 is 0 Å². The van der Waals surface area contributed by atoms with Crippen molar-refractivity contribution in [2.45, 2.75) is 25.8 Å². The molecule has 0 saturated carbocycles. The van der Waals surface area contributed by atoms with Gasteiger partial charge in [0.15, 0.2) is 0 Å². The monoisotopic (exact) mass is 332 g/mol. The molecule has 1 saturated heterocycles. The first-order chi connectivity index (χ1) is 12.2. The van der Waals surface area contributed by atoms with Gasteiger partial charge in [-0.1, -0.05) is 55.5 Å². The molecule has 3 aromatic rings. The highest BCUT2D eigenvalue weighted by atomic mass is 16.3. The Morgan fingerprint density at radius 1 is 1.00 bits per heavy atom. The lowest BCUT2D eigenvalue weighted by Crippen LogP contribution is -2.36. The third-order valence-electron chi connectivity index (χ3n) is 5.37. The number of benzene rings is 2. The van der Waals surface area contributed by atoms with Crippen LogP contribution in [-0.2, 0) is 0 Å². The molecular formula is C22H24N2O. The fourth-order valence-corrected chi connectivity index (χ4v) is 3.88. The summed E-state index contributed by atoms with van der Waals surface area (Å²) in [5.74, 6) is 1.09. The van der Waals surface area contributed by atoms with Gasteiger partial charge in [0, 0.05) is 17.1 Å². The number of aromatic hydroxyl groups is 1. The molecule has 3 nitrogen and oxygen atoms in total. The fourth-order valence-electron chi connectivity index (χ4n) is 3.88. The third-order valence-corrected chi connectivity index (χ3v) is 5.37. The van der Waals surface area contributed by atoms with Gasteiger partial charge in [0.2, 0.25) is 0 Å². The van der Waals surface area contributed by atoms with Gasteiger partial charge >= 0.3 is 0 Å². The third kappa shape index (κ3) is 3.12. The average molecular weight is 332 g/mol. The quantitative estimate of drug-likeness (QED) is 0.751. The van der Waals surface area contributed by atoms with E-state index in [1.165, 1.54) is 18.4 Å². The zero-order chi connectivity index (χ0) is 17.2. The average Bonchev–Trinajstić information content (AvgIpc) is 2.66. The first-order valence-corrected chi connectivity index (χ1v) is 9.09. The van der Waals surface area contributed by atoms with Crippen LogP contribution in [0.25, 0.3) is 10.9 Å². The molecule has 0 spiro atoms. The molecule has 1 aliphatic heterocycles. The van der Waals surface area contributed by atoms with Gasteiger partial charge in [0.1, 0.15) is 11.3 Å². The number of pyridine rings is 1. The van der Waals surface area contributed by atoms with Gasteiger partial charge in [-0.2, -0.15) is 0 Å². The molecule has 0 aliphatic carbocycles. The first-order valence-electron chi connectivity index (χ1n) is 9.09. The Morgan fingerprint density at radius 2 is 1.76 bits per heavy atom. The van der Waals surface area contributed by atoms with E-state index in [0.717, 1.165) is 30.0 Å². The molecule has 1 fully saturated rings. The largest absolute Gasteiger partial charge is 0.505 e. The summed E-state index contributed by atoms with van der Waals surface area (Å²) < 4.78 is 0. The number of rotatable bonds is 3. The molecule has 0 unspecified atom stereocenters. The zero-order valence-electron chi connectivity index (χ0n) is 14.6. The fraction of sp³-hybridized carbons (Fsp3) is 0.318. The van der Waals surface area contributed by atoms with E-state index in [1.807, 2.05) is 18.2 Å². The van der Waals surface area contributed by atoms with Crippen LogP contribution < -0.4 is 0 Å². The van der Waals surface area contributed by atoms with Gasteiger partial charge in [0.25, 0.3) is 0 Å². The molecule has 1 atom stereocenters. The molecule has 1 aliphatic rings. The Balaban J connectivity index is 1.82. The van der Waals surface area contributed by atoms with Crippen LogP contribution in [0.4, 0.5) is 0 Å². The van der Waals surface area contributed by atoms with Gasteiger partial charge in [-0.3, -0.25) is 9.88 Å².